The van der Waals surface area contributed by atoms with Gasteiger partial charge in [-0.05, 0) is 111 Å². The number of amides is 1. The first-order chi connectivity index (χ1) is 35.1. The van der Waals surface area contributed by atoms with Gasteiger partial charge in [0, 0.05) is 77.2 Å². The third-order valence-corrected chi connectivity index (χ3v) is 11.5. The number of methoxy groups -OCH3 is 2. The fraction of sp³-hybridized carbons (Fsp3) is 0.236. The highest BCUT2D eigenvalue weighted by Gasteiger charge is 2.18. The van der Waals surface area contributed by atoms with Gasteiger partial charge < -0.3 is 59.9 Å². The van der Waals surface area contributed by atoms with E-state index in [0.29, 0.717) is 46.1 Å². The number of hydrogen-bond acceptors (Lipinski definition) is 15. The smallest absolute Gasteiger partial charge is 0.247 e. The predicted octanol–water partition coefficient (Wildman–Crippen LogP) is 9.62. The number of nitrogen functional groups attached to an aromatic ring is 1. The van der Waals surface area contributed by atoms with Crippen LogP contribution in [0.25, 0.3) is 33.4 Å². The molecule has 4 aromatic carbocycles. The maximum absolute atomic E-state index is 12.2. The molecule has 4 aromatic heterocycles. The van der Waals surface area contributed by atoms with Crippen molar-refractivity contribution in [1.82, 2.24) is 38.9 Å². The van der Waals surface area contributed by atoms with Gasteiger partial charge in [0.2, 0.25) is 23.0 Å². The molecule has 0 atom stereocenters. The van der Waals surface area contributed by atoms with Crippen molar-refractivity contribution in [2.24, 2.45) is 0 Å². The lowest BCUT2D eigenvalue weighted by molar-refractivity contribution is -0.112. The lowest BCUT2D eigenvalue weighted by atomic mass is 10.2. The first-order valence-electron chi connectivity index (χ1n) is 23.1. The Bertz CT molecular complexity index is 3170. The van der Waals surface area contributed by atoms with Crippen LogP contribution >= 0.6 is 11.6 Å². The van der Waals surface area contributed by atoms with Crippen LogP contribution in [0.2, 0.25) is 0 Å². The molecule has 0 unspecified atom stereocenters. The zero-order valence-electron chi connectivity index (χ0n) is 42.5. The maximum Gasteiger partial charge on any atom is 0.247 e. The number of carbonyl (C=O) groups excluding carboxylic acids is 2. The van der Waals surface area contributed by atoms with Gasteiger partial charge >= 0.3 is 0 Å². The van der Waals surface area contributed by atoms with Crippen molar-refractivity contribution in [1.29, 1.82) is 0 Å². The monoisotopic (exact) mass is 1020 g/mol. The number of aromatic nitrogens is 6. The number of hydrogen-bond donors (Lipinski definition) is 4. The van der Waals surface area contributed by atoms with Gasteiger partial charge in [-0.1, -0.05) is 57.0 Å². The van der Waals surface area contributed by atoms with Gasteiger partial charge in [0.1, 0.15) is 23.1 Å². The van der Waals surface area contributed by atoms with Crippen molar-refractivity contribution in [3.05, 3.63) is 147 Å². The Morgan fingerprint density at radius 1 is 0.635 bits per heavy atom. The Hall–Kier alpha value is -8.45. The largest absolute Gasteiger partial charge is 0.494 e. The minimum atomic E-state index is -0.509. The molecule has 18 nitrogen and oxygen atoms in total. The second-order valence-corrected chi connectivity index (χ2v) is 17.4. The van der Waals surface area contributed by atoms with Crippen LogP contribution in [0.1, 0.15) is 7.43 Å². The van der Waals surface area contributed by atoms with Crippen molar-refractivity contribution in [3.63, 3.8) is 0 Å². The average molecular weight is 1020 g/mol. The van der Waals surface area contributed by atoms with Crippen molar-refractivity contribution in [2.75, 3.05) is 114 Å². The van der Waals surface area contributed by atoms with Crippen LogP contribution in [0, 0.1) is 0 Å². The molecule has 8 rings (SSSR count). The number of fused-ring (bicyclic) bond motifs is 2. The molecule has 0 aliphatic carbocycles. The number of halogens is 1. The van der Waals surface area contributed by atoms with E-state index in [-0.39, 0.29) is 13.3 Å². The highest BCUT2D eigenvalue weighted by atomic mass is 35.5. The van der Waals surface area contributed by atoms with Crippen molar-refractivity contribution >= 4 is 90.6 Å². The number of nitrogens with one attached hydrogen (secondary N) is 3. The summed E-state index contributed by atoms with van der Waals surface area (Å²) < 4.78 is 15.4. The van der Waals surface area contributed by atoms with E-state index in [0.717, 1.165) is 77.1 Å². The number of allylic oxidation sites excluding steroid dienone is 1. The molecular weight excluding hydrogens is 956 g/mol. The molecule has 0 bridgehead atoms. The summed E-state index contributed by atoms with van der Waals surface area (Å²) in [5.41, 5.74) is 12.9. The molecule has 1 amide bonds. The number of para-hydroxylation sites is 2. The van der Waals surface area contributed by atoms with Crippen LogP contribution in [0.4, 0.5) is 46.0 Å². The number of nitrogens with two attached hydrogens (primary N) is 1. The highest BCUT2D eigenvalue weighted by molar-refractivity contribution is 6.66. The summed E-state index contributed by atoms with van der Waals surface area (Å²) in [7, 11) is 15.4. The molecule has 19 heteroatoms. The number of benzene rings is 4. The normalized spacial score (nSPS) is 10.6. The van der Waals surface area contributed by atoms with Crippen LogP contribution in [0.5, 0.6) is 11.5 Å². The van der Waals surface area contributed by atoms with Crippen molar-refractivity contribution in [2.45, 2.75) is 7.43 Å². The Balaban J connectivity index is 0.000000249. The van der Waals surface area contributed by atoms with Gasteiger partial charge in [-0.2, -0.15) is 9.97 Å². The summed E-state index contributed by atoms with van der Waals surface area (Å²) >= 11 is 4.71. The fourth-order valence-corrected chi connectivity index (χ4v) is 7.45. The zero-order valence-corrected chi connectivity index (χ0v) is 43.3. The topological polar surface area (TPSA) is 189 Å². The summed E-state index contributed by atoms with van der Waals surface area (Å²) in [5, 5.41) is 11.2. The minimum Gasteiger partial charge on any atom is -0.494 e. The second kappa shape index (κ2) is 26.8. The molecule has 0 fully saturated rings. The molecule has 0 aliphatic rings. The number of carbonyl (C=O) groups is 2. The molecule has 8 aromatic rings. The van der Waals surface area contributed by atoms with E-state index in [1.807, 2.05) is 123 Å². The van der Waals surface area contributed by atoms with E-state index in [9.17, 15) is 9.59 Å². The molecule has 0 saturated carbocycles. The van der Waals surface area contributed by atoms with Crippen LogP contribution < -0.4 is 41.0 Å². The van der Waals surface area contributed by atoms with Crippen LogP contribution in [-0.2, 0) is 9.59 Å². The summed E-state index contributed by atoms with van der Waals surface area (Å²) in [5.74, 6) is 3.34. The molecule has 4 heterocycles. The summed E-state index contributed by atoms with van der Waals surface area (Å²) in [4.78, 5) is 48.3. The summed E-state index contributed by atoms with van der Waals surface area (Å²) in [6.07, 6.45) is 9.72. The minimum absolute atomic E-state index is 0. The lowest BCUT2D eigenvalue weighted by Gasteiger charge is -2.26. The van der Waals surface area contributed by atoms with Gasteiger partial charge in [-0.15, -0.1) is 0 Å². The first kappa shape index (κ1) is 56.5. The molecule has 74 heavy (non-hydrogen) atoms. The Morgan fingerprint density at radius 3 is 1.53 bits per heavy atom. The second-order valence-electron chi connectivity index (χ2n) is 17.0. The van der Waals surface area contributed by atoms with Crippen molar-refractivity contribution in [3.8, 4) is 23.1 Å². The third kappa shape index (κ3) is 14.8. The van der Waals surface area contributed by atoms with E-state index < -0.39 is 5.24 Å². The van der Waals surface area contributed by atoms with Gasteiger partial charge in [0.15, 0.2) is 0 Å². The highest BCUT2D eigenvalue weighted by Crippen LogP contribution is 2.39. The van der Waals surface area contributed by atoms with E-state index >= 15 is 0 Å². The van der Waals surface area contributed by atoms with E-state index in [1.165, 1.54) is 6.08 Å². The average Bonchev–Trinajstić information content (AvgIpc) is 4.03. The number of anilines is 8. The van der Waals surface area contributed by atoms with E-state index in [1.54, 1.807) is 26.6 Å². The maximum atomic E-state index is 12.2. The molecule has 0 spiro atoms. The van der Waals surface area contributed by atoms with Crippen molar-refractivity contribution < 1.29 is 19.1 Å². The van der Waals surface area contributed by atoms with E-state index in [2.05, 4.69) is 97.0 Å². The van der Waals surface area contributed by atoms with Crippen LogP contribution in [-0.4, -0.2) is 133 Å². The molecule has 0 aliphatic heterocycles. The molecule has 5 N–H and O–H groups in total. The Kier molecular flexibility index (Phi) is 20.5. The van der Waals surface area contributed by atoms with Gasteiger partial charge in [0.05, 0.1) is 59.4 Å². The number of ether oxygens (including phenoxy) is 2. The SMILES string of the molecule is C.C=CC(=O)Cl.C=CC(=O)Nc1cc(Nc2nccc(-n3ccc4ccccc43)n2)c(OC)cc1N(C)CCN(C)C.COc1cc(N(C)CCN(C)C)c(N)cc1Nc1nccc(-n2ccc3ccccc32)n1. The Morgan fingerprint density at radius 2 is 1.08 bits per heavy atom. The Labute approximate surface area is 438 Å². The summed E-state index contributed by atoms with van der Waals surface area (Å²) in [6.45, 7) is 10.0. The van der Waals surface area contributed by atoms with Crippen LogP contribution in [0.3, 0.4) is 0 Å². The molecule has 0 saturated heterocycles. The van der Waals surface area contributed by atoms with E-state index in [4.69, 9.17) is 36.8 Å². The zero-order chi connectivity index (χ0) is 52.6. The van der Waals surface area contributed by atoms with Gasteiger partial charge in [-0.25, -0.2) is 9.97 Å². The van der Waals surface area contributed by atoms with Crippen LogP contribution in [0.15, 0.2) is 147 Å². The quantitative estimate of drug-likeness (QED) is 0.0340. The number of nitrogens with zero attached hydrogens (tertiary/aromatic N) is 10. The van der Waals surface area contributed by atoms with Gasteiger partial charge in [0.25, 0.3) is 0 Å². The lowest BCUT2D eigenvalue weighted by Crippen LogP contribution is -2.29. The molecular formula is C55H67ClN14O4. The summed E-state index contributed by atoms with van der Waals surface area (Å²) in [6, 6.07) is 31.7. The molecule has 388 valence electrons. The van der Waals surface area contributed by atoms with Gasteiger partial charge in [-0.3, -0.25) is 9.59 Å². The number of likely N-dealkylation sites (N-methyl/N-ethyl adjacent to an activating group) is 4. The third-order valence-electron chi connectivity index (χ3n) is 11.3. The predicted molar refractivity (Wildman–Crippen MR) is 305 cm³/mol. The first-order valence-corrected chi connectivity index (χ1v) is 23.5. The number of rotatable bonds is 19. The molecule has 0 radical (unpaired) electrons. The standard InChI is InChI=1S/C27H31N7O2.C24H29N7O.C3H3ClO.CH4/c1-6-26(35)29-20-17-21(24(36-5)18-23(20)33(4)16-15-32(2)3)30-27-28-13-11-25(31-27)34-14-12-19-9-7-8-10-22(19)34;1-29(2)13-14-30(3)21-16-22(32-4)19(15-18(21)25)27-24-26-11-9-23(28-24)31-12-10-17-7-5-6-8-20(17)31;1-2-3(4)5;/h6-14,17-18H,1,15-16H2,2-5H3,(H,29,35)(H,28,30,31);5-12,15-16H,13-14,25H2,1-4H3,(H,26,27,28);2H,1H2;1H4. The fourth-order valence-electron chi connectivity index (χ4n) is 7.45.